The van der Waals surface area contributed by atoms with Crippen LogP contribution in [0.15, 0.2) is 79.1 Å². The lowest BCUT2D eigenvalue weighted by Crippen LogP contribution is -2.42. The van der Waals surface area contributed by atoms with Gasteiger partial charge in [-0.15, -0.1) is 0 Å². The standard InChI is InChI=1S/C39H38Cl2F2N6O4.CH4/c1-47(35(50)16-12-25-8-4-10-31(42)37(25)40)29(24-53-39(52)46-33-20-27-6-2-3-7-28(27)21-44-33)14-15-34-45-22-30-23-48(18-19-49(30)34)36(51)17-13-26-9-5-11-32(43)38(26)41;/h2-11,20-22,29H,12-19,23-24H2,1H3,(H,44,46,52);1H4/t29-;/m0./s1. The van der Waals surface area contributed by atoms with Gasteiger partial charge < -0.3 is 19.1 Å². The number of fused-ring (bicyclic) bond motifs is 2. The maximum absolute atomic E-state index is 14.0. The van der Waals surface area contributed by atoms with Gasteiger partial charge in [0.1, 0.15) is 29.9 Å². The summed E-state index contributed by atoms with van der Waals surface area (Å²) in [5, 5.41) is 4.53. The van der Waals surface area contributed by atoms with Gasteiger partial charge in [0.25, 0.3) is 0 Å². The average molecular weight is 780 g/mol. The van der Waals surface area contributed by atoms with Gasteiger partial charge in [0, 0.05) is 51.0 Å². The summed E-state index contributed by atoms with van der Waals surface area (Å²) in [6.07, 6.45) is 4.39. The van der Waals surface area contributed by atoms with E-state index >= 15 is 0 Å². The first-order valence-corrected chi connectivity index (χ1v) is 18.0. The largest absolute Gasteiger partial charge is 0.447 e. The van der Waals surface area contributed by atoms with E-state index in [1.807, 2.05) is 24.3 Å². The van der Waals surface area contributed by atoms with Crippen LogP contribution in [-0.4, -0.2) is 68.5 Å². The molecule has 54 heavy (non-hydrogen) atoms. The first-order valence-electron chi connectivity index (χ1n) is 17.3. The SMILES string of the molecule is C.CN(C(=O)CCc1cccc(F)c1Cl)[C@@H](CCc1ncc2n1CCN(C(=O)CCc1cccc(F)c1Cl)C2)COC(=O)Nc1cc2ccccc2cn1. The number of imidazole rings is 1. The Morgan fingerprint density at radius 1 is 0.870 bits per heavy atom. The number of hydrogen-bond donors (Lipinski definition) is 1. The number of nitrogens with zero attached hydrogens (tertiary/aromatic N) is 5. The summed E-state index contributed by atoms with van der Waals surface area (Å²) in [6.45, 7) is 1.28. The summed E-state index contributed by atoms with van der Waals surface area (Å²) in [5.74, 6) is -0.238. The lowest BCUT2D eigenvalue weighted by Gasteiger charge is -2.30. The summed E-state index contributed by atoms with van der Waals surface area (Å²) in [5.41, 5.74) is 1.99. The summed E-state index contributed by atoms with van der Waals surface area (Å²) < 4.78 is 35.6. The number of anilines is 1. The van der Waals surface area contributed by atoms with Gasteiger partial charge in [-0.3, -0.25) is 14.9 Å². The molecule has 3 heterocycles. The van der Waals surface area contributed by atoms with Crippen LogP contribution in [0.2, 0.25) is 10.0 Å². The van der Waals surface area contributed by atoms with Crippen LogP contribution < -0.4 is 5.32 Å². The molecule has 1 aliphatic rings. The molecule has 6 rings (SSSR count). The monoisotopic (exact) mass is 778 g/mol. The Labute approximate surface area is 323 Å². The predicted molar refractivity (Wildman–Crippen MR) is 205 cm³/mol. The van der Waals surface area contributed by atoms with Crippen molar-refractivity contribution in [2.24, 2.45) is 0 Å². The van der Waals surface area contributed by atoms with Crippen molar-refractivity contribution in [1.29, 1.82) is 0 Å². The van der Waals surface area contributed by atoms with E-state index in [0.717, 1.165) is 22.3 Å². The zero-order valence-corrected chi connectivity index (χ0v) is 30.5. The van der Waals surface area contributed by atoms with Gasteiger partial charge in [0.05, 0.1) is 34.5 Å². The highest BCUT2D eigenvalue weighted by Crippen LogP contribution is 2.24. The minimum Gasteiger partial charge on any atom is -0.447 e. The highest BCUT2D eigenvalue weighted by atomic mass is 35.5. The number of carbonyl (C=O) groups excluding carboxylic acids is 3. The molecule has 0 unspecified atom stereocenters. The molecule has 1 aliphatic heterocycles. The number of hydrogen-bond acceptors (Lipinski definition) is 6. The highest BCUT2D eigenvalue weighted by Gasteiger charge is 2.26. The first kappa shape index (κ1) is 40.1. The van der Waals surface area contributed by atoms with E-state index in [1.165, 1.54) is 12.1 Å². The molecule has 2 aromatic heterocycles. The Hall–Kier alpha value is -5.07. The Bertz CT molecular complexity index is 2130. The lowest BCUT2D eigenvalue weighted by molar-refractivity contribution is -0.133. The Balaban J connectivity index is 0.00000561. The average Bonchev–Trinajstić information content (AvgIpc) is 3.57. The van der Waals surface area contributed by atoms with E-state index in [1.54, 1.807) is 59.6 Å². The second-order valence-electron chi connectivity index (χ2n) is 12.9. The van der Waals surface area contributed by atoms with Gasteiger partial charge in [-0.25, -0.2) is 23.5 Å². The van der Waals surface area contributed by atoms with Crippen molar-refractivity contribution in [2.75, 3.05) is 25.5 Å². The molecule has 1 atom stereocenters. The highest BCUT2D eigenvalue weighted by molar-refractivity contribution is 6.31. The molecule has 10 nitrogen and oxygen atoms in total. The third kappa shape index (κ3) is 9.72. The van der Waals surface area contributed by atoms with E-state index in [2.05, 4.69) is 19.9 Å². The number of pyridine rings is 1. The fraction of sp³-hybridized carbons (Fsp3) is 0.325. The fourth-order valence-corrected chi connectivity index (χ4v) is 6.86. The molecule has 5 aromatic rings. The number of carbonyl (C=O) groups is 3. The number of likely N-dealkylation sites (N-methyl/N-ethyl adjacent to an activating group) is 1. The second-order valence-corrected chi connectivity index (χ2v) is 13.7. The van der Waals surface area contributed by atoms with Crippen molar-refractivity contribution < 1.29 is 27.9 Å². The number of amides is 3. The van der Waals surface area contributed by atoms with Crippen molar-refractivity contribution in [3.63, 3.8) is 0 Å². The normalized spacial score (nSPS) is 12.8. The van der Waals surface area contributed by atoms with Gasteiger partial charge in [0.2, 0.25) is 11.8 Å². The number of aromatic nitrogens is 3. The summed E-state index contributed by atoms with van der Waals surface area (Å²) in [6, 6.07) is 17.9. The molecule has 0 fully saturated rings. The van der Waals surface area contributed by atoms with E-state index in [-0.39, 0.29) is 55.2 Å². The van der Waals surface area contributed by atoms with Crippen LogP contribution >= 0.6 is 23.2 Å². The van der Waals surface area contributed by atoms with Gasteiger partial charge in [-0.2, -0.15) is 0 Å². The number of nitrogens with one attached hydrogen (secondary N) is 1. The minimum absolute atomic E-state index is 0. The van der Waals surface area contributed by atoms with E-state index in [9.17, 15) is 23.2 Å². The van der Waals surface area contributed by atoms with Crippen molar-refractivity contribution in [2.45, 2.75) is 65.1 Å². The topological polar surface area (TPSA) is 110 Å². The molecular formula is C40H42Cl2F2N6O4. The summed E-state index contributed by atoms with van der Waals surface area (Å²) >= 11 is 12.2. The van der Waals surface area contributed by atoms with Crippen LogP contribution in [0.25, 0.3) is 10.8 Å². The molecule has 0 saturated heterocycles. The summed E-state index contributed by atoms with van der Waals surface area (Å²) in [4.78, 5) is 51.6. The van der Waals surface area contributed by atoms with Gasteiger partial charge in [-0.05, 0) is 54.0 Å². The molecule has 0 saturated carbocycles. The predicted octanol–water partition coefficient (Wildman–Crippen LogP) is 8.27. The van der Waals surface area contributed by atoms with E-state index in [4.69, 9.17) is 27.9 Å². The number of halogens is 4. The van der Waals surface area contributed by atoms with Crippen molar-refractivity contribution in [1.82, 2.24) is 24.3 Å². The Kier molecular flexibility index (Phi) is 13.6. The third-order valence-corrected chi connectivity index (χ3v) is 10.4. The van der Waals surface area contributed by atoms with Crippen molar-refractivity contribution >= 4 is 57.7 Å². The maximum atomic E-state index is 14.0. The molecule has 1 N–H and O–H groups in total. The molecule has 14 heteroatoms. The van der Waals surface area contributed by atoms with Crippen LogP contribution in [0.3, 0.4) is 0 Å². The van der Waals surface area contributed by atoms with E-state index < -0.39 is 23.8 Å². The van der Waals surface area contributed by atoms with Crippen LogP contribution in [0.5, 0.6) is 0 Å². The summed E-state index contributed by atoms with van der Waals surface area (Å²) in [7, 11) is 1.65. The molecule has 0 spiro atoms. The van der Waals surface area contributed by atoms with E-state index in [0.29, 0.717) is 55.8 Å². The molecule has 0 aliphatic carbocycles. The number of ether oxygens (including phenoxy) is 1. The van der Waals surface area contributed by atoms with Gasteiger partial charge in [-0.1, -0.05) is 79.2 Å². The van der Waals surface area contributed by atoms with Gasteiger partial charge in [0.15, 0.2) is 0 Å². The second kappa shape index (κ2) is 18.3. The van der Waals surface area contributed by atoms with Crippen molar-refractivity contribution in [3.05, 3.63) is 123 Å². The molecule has 0 bridgehead atoms. The Morgan fingerprint density at radius 2 is 1.54 bits per heavy atom. The number of aryl methyl sites for hydroxylation is 3. The van der Waals surface area contributed by atoms with Crippen LogP contribution in [0.4, 0.5) is 19.4 Å². The fourth-order valence-electron chi connectivity index (χ4n) is 6.41. The smallest absolute Gasteiger partial charge is 0.412 e. The number of rotatable bonds is 13. The zero-order chi connectivity index (χ0) is 37.5. The quantitative estimate of drug-likeness (QED) is 0.129. The van der Waals surface area contributed by atoms with Crippen LogP contribution in [0, 0.1) is 11.6 Å². The van der Waals surface area contributed by atoms with Crippen molar-refractivity contribution in [3.8, 4) is 0 Å². The van der Waals surface area contributed by atoms with Crippen LogP contribution in [-0.2, 0) is 46.7 Å². The lowest BCUT2D eigenvalue weighted by atomic mass is 10.1. The molecule has 3 aromatic carbocycles. The molecule has 3 amide bonds. The van der Waals surface area contributed by atoms with Gasteiger partial charge >= 0.3 is 6.09 Å². The minimum atomic E-state index is -0.715. The Morgan fingerprint density at radius 3 is 2.24 bits per heavy atom. The molecule has 0 radical (unpaired) electrons. The zero-order valence-electron chi connectivity index (χ0n) is 29.0. The maximum Gasteiger partial charge on any atom is 0.412 e. The number of benzene rings is 3. The first-order chi connectivity index (χ1) is 25.6. The van der Waals surface area contributed by atoms with Crippen LogP contribution in [0.1, 0.15) is 49.3 Å². The third-order valence-electron chi connectivity index (χ3n) is 9.51. The molecule has 284 valence electrons. The molecular weight excluding hydrogens is 737 g/mol.